The molecule has 0 aliphatic carbocycles. The van der Waals surface area contributed by atoms with Crippen LogP contribution in [0.2, 0.25) is 0 Å². The Morgan fingerprint density at radius 2 is 2.16 bits per heavy atom. The second kappa shape index (κ2) is 8.68. The van der Waals surface area contributed by atoms with Gasteiger partial charge in [0.05, 0.1) is 13.2 Å². The lowest BCUT2D eigenvalue weighted by Crippen LogP contribution is -2.32. The minimum atomic E-state index is -0.0419. The molecular formula is C13H23N3O3. The van der Waals surface area contributed by atoms with E-state index >= 15 is 0 Å². The first-order chi connectivity index (χ1) is 9.17. The molecule has 1 aromatic rings. The maximum absolute atomic E-state index is 11.6. The van der Waals surface area contributed by atoms with Crippen LogP contribution < -0.4 is 11.3 Å². The quantitative estimate of drug-likeness (QED) is 0.647. The van der Waals surface area contributed by atoms with Crippen molar-refractivity contribution in [3.05, 3.63) is 28.7 Å². The van der Waals surface area contributed by atoms with Gasteiger partial charge in [0, 0.05) is 51.2 Å². The van der Waals surface area contributed by atoms with Crippen LogP contribution in [-0.4, -0.2) is 54.5 Å². The van der Waals surface area contributed by atoms with Crippen molar-refractivity contribution in [2.24, 2.45) is 0 Å². The van der Waals surface area contributed by atoms with Gasteiger partial charge in [-0.25, -0.2) is 0 Å². The number of hydrogen-bond donors (Lipinski definition) is 2. The number of pyridine rings is 1. The van der Waals surface area contributed by atoms with Crippen LogP contribution in [-0.2, 0) is 11.3 Å². The van der Waals surface area contributed by atoms with Crippen molar-refractivity contribution in [3.8, 4) is 0 Å². The molecule has 0 bridgehead atoms. The largest absolute Gasteiger partial charge is 0.398 e. The van der Waals surface area contributed by atoms with E-state index in [0.717, 1.165) is 19.5 Å². The molecular weight excluding hydrogens is 246 g/mol. The van der Waals surface area contributed by atoms with Crippen molar-refractivity contribution in [3.63, 3.8) is 0 Å². The smallest absolute Gasteiger partial charge is 0.250 e. The molecule has 1 heterocycles. The summed E-state index contributed by atoms with van der Waals surface area (Å²) in [5.41, 5.74) is 6.20. The Kier molecular flexibility index (Phi) is 7.17. The van der Waals surface area contributed by atoms with Crippen LogP contribution in [0.25, 0.3) is 0 Å². The van der Waals surface area contributed by atoms with E-state index in [-0.39, 0.29) is 12.2 Å². The second-order valence-corrected chi connectivity index (χ2v) is 4.41. The molecule has 0 saturated carbocycles. The Morgan fingerprint density at radius 3 is 2.84 bits per heavy atom. The van der Waals surface area contributed by atoms with E-state index in [4.69, 9.17) is 15.6 Å². The monoisotopic (exact) mass is 269 g/mol. The van der Waals surface area contributed by atoms with Crippen LogP contribution >= 0.6 is 0 Å². The average molecular weight is 269 g/mol. The molecule has 0 atom stereocenters. The first kappa shape index (κ1) is 15.7. The van der Waals surface area contributed by atoms with Gasteiger partial charge < -0.3 is 20.1 Å². The first-order valence-corrected chi connectivity index (χ1v) is 6.45. The van der Waals surface area contributed by atoms with Gasteiger partial charge in [0.2, 0.25) is 0 Å². The molecule has 6 heteroatoms. The van der Waals surface area contributed by atoms with Crippen LogP contribution in [0.4, 0.5) is 5.69 Å². The number of aliphatic hydroxyl groups excluding tert-OH is 1. The van der Waals surface area contributed by atoms with E-state index in [0.29, 0.717) is 25.4 Å². The summed E-state index contributed by atoms with van der Waals surface area (Å²) in [5, 5.41) is 8.98. The molecule has 19 heavy (non-hydrogen) atoms. The van der Waals surface area contributed by atoms with E-state index in [1.54, 1.807) is 23.9 Å². The van der Waals surface area contributed by atoms with Crippen LogP contribution in [0.1, 0.15) is 6.42 Å². The Hall–Kier alpha value is -1.37. The van der Waals surface area contributed by atoms with Gasteiger partial charge in [0.15, 0.2) is 0 Å². The molecule has 0 unspecified atom stereocenters. The predicted molar refractivity (Wildman–Crippen MR) is 75.1 cm³/mol. The third-order valence-electron chi connectivity index (χ3n) is 2.91. The maximum atomic E-state index is 11.6. The number of aryl methyl sites for hydroxylation is 1. The highest BCUT2D eigenvalue weighted by Crippen LogP contribution is 1.98. The van der Waals surface area contributed by atoms with Gasteiger partial charge in [-0.15, -0.1) is 0 Å². The Bertz CT molecular complexity index is 420. The minimum absolute atomic E-state index is 0.0419. The predicted octanol–water partition coefficient (Wildman–Crippen LogP) is -0.239. The molecule has 1 aromatic heterocycles. The molecule has 0 amide bonds. The van der Waals surface area contributed by atoms with Gasteiger partial charge in [0.25, 0.3) is 5.56 Å². The van der Waals surface area contributed by atoms with Crippen molar-refractivity contribution in [2.75, 3.05) is 45.7 Å². The SMILES string of the molecule is COCCN(CCO)CCCn1cc(N)ccc1=O. The molecule has 6 nitrogen and oxygen atoms in total. The number of ether oxygens (including phenoxy) is 1. The van der Waals surface area contributed by atoms with Crippen LogP contribution in [0.3, 0.4) is 0 Å². The fourth-order valence-corrected chi connectivity index (χ4v) is 1.89. The average Bonchev–Trinajstić information content (AvgIpc) is 2.40. The number of nitrogens with two attached hydrogens (primary N) is 1. The topological polar surface area (TPSA) is 80.7 Å². The zero-order valence-corrected chi connectivity index (χ0v) is 11.4. The summed E-state index contributed by atoms with van der Waals surface area (Å²) in [6, 6.07) is 3.08. The molecule has 0 fully saturated rings. The van der Waals surface area contributed by atoms with Crippen molar-refractivity contribution < 1.29 is 9.84 Å². The van der Waals surface area contributed by atoms with Gasteiger partial charge in [0.1, 0.15) is 0 Å². The third-order valence-corrected chi connectivity index (χ3v) is 2.91. The lowest BCUT2D eigenvalue weighted by molar-refractivity contribution is 0.129. The summed E-state index contributed by atoms with van der Waals surface area (Å²) < 4.78 is 6.64. The molecule has 0 saturated heterocycles. The molecule has 0 aliphatic rings. The van der Waals surface area contributed by atoms with Gasteiger partial charge in [-0.2, -0.15) is 0 Å². The summed E-state index contributed by atoms with van der Waals surface area (Å²) in [5.74, 6) is 0. The normalized spacial score (nSPS) is 11.1. The molecule has 3 N–H and O–H groups in total. The molecule has 1 rings (SSSR count). The molecule has 0 aliphatic heterocycles. The Balaban J connectivity index is 2.42. The van der Waals surface area contributed by atoms with Gasteiger partial charge in [-0.1, -0.05) is 0 Å². The molecule has 0 aromatic carbocycles. The second-order valence-electron chi connectivity index (χ2n) is 4.41. The highest BCUT2D eigenvalue weighted by atomic mass is 16.5. The number of methoxy groups -OCH3 is 1. The number of hydrogen-bond acceptors (Lipinski definition) is 5. The zero-order valence-electron chi connectivity index (χ0n) is 11.4. The number of anilines is 1. The summed E-state index contributed by atoms with van der Waals surface area (Å²) in [6.07, 6.45) is 2.49. The Labute approximate surface area is 113 Å². The molecule has 108 valence electrons. The van der Waals surface area contributed by atoms with Crippen LogP contribution in [0.5, 0.6) is 0 Å². The number of nitrogens with zero attached hydrogens (tertiary/aromatic N) is 2. The van der Waals surface area contributed by atoms with Gasteiger partial charge in [-0.3, -0.25) is 9.69 Å². The van der Waals surface area contributed by atoms with Gasteiger partial charge >= 0.3 is 0 Å². The van der Waals surface area contributed by atoms with Crippen molar-refractivity contribution >= 4 is 5.69 Å². The fraction of sp³-hybridized carbons (Fsp3) is 0.615. The summed E-state index contributed by atoms with van der Waals surface area (Å²) in [4.78, 5) is 13.7. The maximum Gasteiger partial charge on any atom is 0.250 e. The van der Waals surface area contributed by atoms with Crippen LogP contribution in [0.15, 0.2) is 23.1 Å². The summed E-state index contributed by atoms with van der Waals surface area (Å²) in [7, 11) is 1.66. The molecule has 0 spiro atoms. The Morgan fingerprint density at radius 1 is 1.37 bits per heavy atom. The van der Waals surface area contributed by atoms with Crippen molar-refractivity contribution in [1.29, 1.82) is 0 Å². The number of nitrogen functional groups attached to an aromatic ring is 1. The van der Waals surface area contributed by atoms with E-state index in [1.165, 1.54) is 6.07 Å². The summed E-state index contributed by atoms with van der Waals surface area (Å²) in [6.45, 7) is 3.60. The highest BCUT2D eigenvalue weighted by molar-refractivity contribution is 5.33. The third kappa shape index (κ3) is 5.87. The van der Waals surface area contributed by atoms with Crippen molar-refractivity contribution in [1.82, 2.24) is 9.47 Å². The summed E-state index contributed by atoms with van der Waals surface area (Å²) >= 11 is 0. The van der Waals surface area contributed by atoms with E-state index in [2.05, 4.69) is 4.90 Å². The lowest BCUT2D eigenvalue weighted by Gasteiger charge is -2.20. The van der Waals surface area contributed by atoms with E-state index in [9.17, 15) is 4.79 Å². The number of rotatable bonds is 9. The lowest BCUT2D eigenvalue weighted by atomic mass is 10.3. The number of aliphatic hydroxyl groups is 1. The highest BCUT2D eigenvalue weighted by Gasteiger charge is 2.04. The minimum Gasteiger partial charge on any atom is -0.398 e. The zero-order chi connectivity index (χ0) is 14.1. The van der Waals surface area contributed by atoms with Gasteiger partial charge in [-0.05, 0) is 12.5 Å². The molecule has 0 radical (unpaired) electrons. The van der Waals surface area contributed by atoms with E-state index in [1.807, 2.05) is 0 Å². The fourth-order valence-electron chi connectivity index (χ4n) is 1.89. The van der Waals surface area contributed by atoms with Crippen molar-refractivity contribution in [2.45, 2.75) is 13.0 Å². The van der Waals surface area contributed by atoms with E-state index < -0.39 is 0 Å². The first-order valence-electron chi connectivity index (χ1n) is 6.45. The standard InChI is InChI=1S/C13H23N3O3/c1-19-10-8-15(7-9-17)5-2-6-16-11-12(14)3-4-13(16)18/h3-4,11,17H,2,5-10,14H2,1H3. The number of aromatic nitrogens is 1. The van der Waals surface area contributed by atoms with Crippen LogP contribution in [0, 0.1) is 0 Å².